The van der Waals surface area contributed by atoms with E-state index in [9.17, 15) is 4.79 Å². The number of amidine groups is 1. The molecule has 0 saturated carbocycles. The van der Waals surface area contributed by atoms with Gasteiger partial charge in [0.25, 0.3) is 5.91 Å². The molecule has 23 heavy (non-hydrogen) atoms. The molecule has 0 fully saturated rings. The topological polar surface area (TPSA) is 70.2 Å². The van der Waals surface area contributed by atoms with Crippen LogP contribution >= 0.6 is 0 Å². The maximum atomic E-state index is 12.7. The van der Waals surface area contributed by atoms with Crippen molar-refractivity contribution >= 4 is 24.0 Å². The van der Waals surface area contributed by atoms with E-state index in [4.69, 9.17) is 4.42 Å². The zero-order valence-electron chi connectivity index (χ0n) is 12.7. The molecule has 0 atom stereocenters. The minimum absolute atomic E-state index is 0.164. The number of carbonyl (C=O) groups excluding carboxylic acids is 1. The van der Waals surface area contributed by atoms with Crippen LogP contribution in [0.15, 0.2) is 44.7 Å². The molecule has 6 nitrogen and oxygen atoms in total. The molecular formula is C17H16N4O2. The molecule has 6 heteroatoms. The Labute approximate surface area is 133 Å². The van der Waals surface area contributed by atoms with Gasteiger partial charge < -0.3 is 14.6 Å². The van der Waals surface area contributed by atoms with E-state index in [2.05, 4.69) is 15.3 Å². The Kier molecular flexibility index (Phi) is 3.22. The quantitative estimate of drug-likeness (QED) is 0.945. The smallest absolute Gasteiger partial charge is 0.255 e. The van der Waals surface area contributed by atoms with Gasteiger partial charge in [-0.2, -0.15) is 0 Å². The molecule has 1 amide bonds. The molecule has 0 spiro atoms. The van der Waals surface area contributed by atoms with Gasteiger partial charge in [-0.15, -0.1) is 0 Å². The first-order valence-corrected chi connectivity index (χ1v) is 7.55. The number of rotatable bonds is 3. The number of benzene rings is 1. The van der Waals surface area contributed by atoms with Crippen molar-refractivity contribution in [3.05, 3.63) is 52.8 Å². The first-order chi connectivity index (χ1) is 11.2. The Hall–Kier alpha value is -2.89. The second-order valence-electron chi connectivity index (χ2n) is 5.52. The van der Waals surface area contributed by atoms with Gasteiger partial charge in [0.05, 0.1) is 17.7 Å². The minimum Gasteiger partial charge on any atom is -0.442 e. The number of aryl methyl sites for hydroxylation is 1. The van der Waals surface area contributed by atoms with Gasteiger partial charge in [-0.05, 0) is 12.5 Å². The molecule has 116 valence electrons. The van der Waals surface area contributed by atoms with E-state index >= 15 is 0 Å². The average molecular weight is 308 g/mol. The number of fused-ring (bicyclic) bond motifs is 3. The van der Waals surface area contributed by atoms with E-state index in [0.717, 1.165) is 17.9 Å². The van der Waals surface area contributed by atoms with Gasteiger partial charge in [-0.25, -0.2) is 4.99 Å². The predicted molar refractivity (Wildman–Crippen MR) is 87.3 cm³/mol. The van der Waals surface area contributed by atoms with Gasteiger partial charge in [0.1, 0.15) is 17.9 Å². The van der Waals surface area contributed by atoms with Crippen LogP contribution in [0.1, 0.15) is 27.2 Å². The highest BCUT2D eigenvalue weighted by molar-refractivity contribution is 6.17. The van der Waals surface area contributed by atoms with E-state index in [-0.39, 0.29) is 5.91 Å². The van der Waals surface area contributed by atoms with Gasteiger partial charge in [-0.1, -0.05) is 30.3 Å². The summed E-state index contributed by atoms with van der Waals surface area (Å²) in [5.41, 5.74) is 2.28. The molecule has 1 aromatic carbocycles. The summed E-state index contributed by atoms with van der Waals surface area (Å²) in [6.45, 7) is 3.74. The molecule has 0 aliphatic carbocycles. The van der Waals surface area contributed by atoms with E-state index in [1.165, 1.54) is 0 Å². The van der Waals surface area contributed by atoms with Crippen molar-refractivity contribution in [3.8, 4) is 0 Å². The zero-order valence-corrected chi connectivity index (χ0v) is 12.7. The Morgan fingerprint density at radius 2 is 2.17 bits per heavy atom. The van der Waals surface area contributed by atoms with E-state index in [1.807, 2.05) is 35.2 Å². The standard InChI is InChI=1S/C17H16N4O2/c1-11-13(16(22)19-9-12-5-3-2-4-6-12)14-15-18-7-8-21(15)10-20-17(14)23-11/h2-6,10H,7-9H2,1H3,(H,19,22). The van der Waals surface area contributed by atoms with E-state index in [1.54, 1.807) is 13.3 Å². The maximum Gasteiger partial charge on any atom is 0.255 e. The van der Waals surface area contributed by atoms with Gasteiger partial charge in [0.15, 0.2) is 0 Å². The number of nitrogens with zero attached hydrogens (tertiary/aromatic N) is 3. The van der Waals surface area contributed by atoms with E-state index in [0.29, 0.717) is 35.9 Å². The lowest BCUT2D eigenvalue weighted by Crippen LogP contribution is -2.32. The second-order valence-corrected chi connectivity index (χ2v) is 5.52. The molecule has 0 radical (unpaired) electrons. The third-order valence-corrected chi connectivity index (χ3v) is 4.00. The molecule has 0 unspecified atom stereocenters. The molecule has 2 aliphatic heterocycles. The summed E-state index contributed by atoms with van der Waals surface area (Å²) in [7, 11) is 0. The van der Waals surface area contributed by atoms with Crippen LogP contribution in [0, 0.1) is 6.92 Å². The summed E-state index contributed by atoms with van der Waals surface area (Å²) in [5, 5.41) is 2.95. The van der Waals surface area contributed by atoms with Crippen LogP contribution in [-0.2, 0) is 6.54 Å². The third kappa shape index (κ3) is 2.32. The van der Waals surface area contributed by atoms with E-state index < -0.39 is 0 Å². The molecule has 3 heterocycles. The summed E-state index contributed by atoms with van der Waals surface area (Å²) in [5.74, 6) is 1.64. The van der Waals surface area contributed by atoms with Crippen molar-refractivity contribution in [1.29, 1.82) is 0 Å². The Balaban J connectivity index is 1.63. The minimum atomic E-state index is -0.164. The first kappa shape index (κ1) is 13.8. The Morgan fingerprint density at radius 1 is 1.35 bits per heavy atom. The van der Waals surface area contributed by atoms with Crippen molar-refractivity contribution in [2.24, 2.45) is 9.98 Å². The fraction of sp³-hybridized carbons (Fsp3) is 0.235. The van der Waals surface area contributed by atoms with Crippen molar-refractivity contribution in [1.82, 2.24) is 10.2 Å². The van der Waals surface area contributed by atoms with Crippen LogP contribution in [0.4, 0.5) is 5.88 Å². The maximum absolute atomic E-state index is 12.7. The summed E-state index contributed by atoms with van der Waals surface area (Å²) >= 11 is 0. The lowest BCUT2D eigenvalue weighted by molar-refractivity contribution is 0.0949. The summed E-state index contributed by atoms with van der Waals surface area (Å²) < 4.78 is 5.65. The van der Waals surface area contributed by atoms with Crippen LogP contribution in [0.2, 0.25) is 0 Å². The number of hydrogen-bond donors (Lipinski definition) is 1. The molecule has 1 aromatic heterocycles. The third-order valence-electron chi connectivity index (χ3n) is 4.00. The molecule has 0 bridgehead atoms. The summed E-state index contributed by atoms with van der Waals surface area (Å²) in [4.78, 5) is 23.4. The second kappa shape index (κ2) is 5.39. The number of nitrogens with one attached hydrogen (secondary N) is 1. The van der Waals surface area contributed by atoms with Gasteiger partial charge in [0.2, 0.25) is 5.88 Å². The van der Waals surface area contributed by atoms with Crippen LogP contribution in [0.3, 0.4) is 0 Å². The monoisotopic (exact) mass is 308 g/mol. The molecule has 2 aliphatic rings. The van der Waals surface area contributed by atoms with Gasteiger partial charge in [0, 0.05) is 13.1 Å². The fourth-order valence-corrected chi connectivity index (χ4v) is 2.89. The van der Waals surface area contributed by atoms with Gasteiger partial charge in [-0.3, -0.25) is 9.79 Å². The highest BCUT2D eigenvalue weighted by Crippen LogP contribution is 2.34. The van der Waals surface area contributed by atoms with Crippen molar-refractivity contribution in [3.63, 3.8) is 0 Å². The normalized spacial score (nSPS) is 15.2. The van der Waals surface area contributed by atoms with Crippen LogP contribution < -0.4 is 5.32 Å². The molecular weight excluding hydrogens is 292 g/mol. The van der Waals surface area contributed by atoms with Crippen LogP contribution in [0.5, 0.6) is 0 Å². The summed E-state index contributed by atoms with van der Waals surface area (Å²) in [6, 6.07) is 9.81. The first-order valence-electron chi connectivity index (χ1n) is 7.55. The molecule has 2 aromatic rings. The van der Waals surface area contributed by atoms with Crippen molar-refractivity contribution in [2.45, 2.75) is 13.5 Å². The SMILES string of the molecule is Cc1oc2c(c1C(=O)NCc1ccccc1)C1=NCCN1C=N2. The largest absolute Gasteiger partial charge is 0.442 e. The average Bonchev–Trinajstić information content (AvgIpc) is 3.16. The Bertz CT molecular complexity index is 821. The lowest BCUT2D eigenvalue weighted by Gasteiger charge is -2.18. The zero-order chi connectivity index (χ0) is 15.8. The molecule has 4 rings (SSSR count). The molecule has 0 saturated heterocycles. The van der Waals surface area contributed by atoms with Crippen LogP contribution in [0.25, 0.3) is 0 Å². The highest BCUT2D eigenvalue weighted by Gasteiger charge is 2.33. The Morgan fingerprint density at radius 3 is 3.00 bits per heavy atom. The van der Waals surface area contributed by atoms with Crippen molar-refractivity contribution in [2.75, 3.05) is 13.1 Å². The number of carbonyl (C=O) groups is 1. The number of amides is 1. The lowest BCUT2D eigenvalue weighted by atomic mass is 10.1. The number of aliphatic imine (C=N–C) groups is 2. The summed E-state index contributed by atoms with van der Waals surface area (Å²) in [6.07, 6.45) is 1.71. The highest BCUT2D eigenvalue weighted by atomic mass is 16.4. The fourth-order valence-electron chi connectivity index (χ4n) is 2.89. The number of furan rings is 1. The van der Waals surface area contributed by atoms with Crippen molar-refractivity contribution < 1.29 is 9.21 Å². The number of hydrogen-bond acceptors (Lipinski definition) is 5. The van der Waals surface area contributed by atoms with Gasteiger partial charge >= 0.3 is 0 Å². The predicted octanol–water partition coefficient (Wildman–Crippen LogP) is 2.25. The molecule has 1 N–H and O–H groups in total. The van der Waals surface area contributed by atoms with Crippen LogP contribution in [-0.4, -0.2) is 36.1 Å².